The van der Waals surface area contributed by atoms with E-state index in [1.165, 1.54) is 22.1 Å². The highest BCUT2D eigenvalue weighted by Crippen LogP contribution is 2.49. The summed E-state index contributed by atoms with van der Waals surface area (Å²) in [6.45, 7) is 4.32. The van der Waals surface area contributed by atoms with Crippen LogP contribution in [0.3, 0.4) is 0 Å². The number of benzene rings is 4. The van der Waals surface area contributed by atoms with Gasteiger partial charge in [0.25, 0.3) is 0 Å². The predicted octanol–water partition coefficient (Wildman–Crippen LogP) is 7.61. The summed E-state index contributed by atoms with van der Waals surface area (Å²) in [7, 11) is 0. The Bertz CT molecular complexity index is 1360. The van der Waals surface area contributed by atoms with Crippen molar-refractivity contribution in [3.05, 3.63) is 101 Å². The minimum absolute atomic E-state index is 0.617. The lowest BCUT2D eigenvalue weighted by molar-refractivity contribution is 0.516. The first-order chi connectivity index (χ1) is 15.3. The molecule has 150 valence electrons. The molecule has 0 spiro atoms. The summed E-state index contributed by atoms with van der Waals surface area (Å²) >= 11 is 0. The summed E-state index contributed by atoms with van der Waals surface area (Å²) in [5.74, 6) is 1.53. The SMILES string of the molecule is CCC1=C(c2ccccc2)Oc2c(C#N)c(-c3ccccc3)c(CC)c3cccc1c23. The average molecular weight is 402 g/mol. The molecule has 0 atom stereocenters. The third-order valence-corrected chi connectivity index (χ3v) is 6.12. The average Bonchev–Trinajstić information content (AvgIpc) is 2.84. The monoisotopic (exact) mass is 401 g/mol. The number of allylic oxidation sites excluding steroid dienone is 1. The first kappa shape index (κ1) is 19.2. The van der Waals surface area contributed by atoms with Crippen LogP contribution in [0.5, 0.6) is 5.75 Å². The Labute approximate surface area is 183 Å². The summed E-state index contributed by atoms with van der Waals surface area (Å²) in [6.07, 6.45) is 1.70. The number of nitriles is 1. The molecule has 2 nitrogen and oxygen atoms in total. The number of ether oxygens (including phenoxy) is 1. The van der Waals surface area contributed by atoms with E-state index >= 15 is 0 Å². The fourth-order valence-corrected chi connectivity index (χ4v) is 4.78. The van der Waals surface area contributed by atoms with Crippen LogP contribution < -0.4 is 4.74 Å². The zero-order valence-electron chi connectivity index (χ0n) is 17.8. The molecular formula is C29H23NO. The lowest BCUT2D eigenvalue weighted by Crippen LogP contribution is -2.09. The van der Waals surface area contributed by atoms with E-state index in [0.717, 1.165) is 40.7 Å². The molecule has 0 fully saturated rings. The topological polar surface area (TPSA) is 33.0 Å². The van der Waals surface area contributed by atoms with Gasteiger partial charge < -0.3 is 4.74 Å². The Morgan fingerprint density at radius 3 is 2.06 bits per heavy atom. The van der Waals surface area contributed by atoms with Crippen molar-refractivity contribution >= 4 is 22.1 Å². The summed E-state index contributed by atoms with van der Waals surface area (Å²) in [5.41, 5.74) is 7.24. The van der Waals surface area contributed by atoms with Gasteiger partial charge in [0.1, 0.15) is 17.4 Å². The van der Waals surface area contributed by atoms with E-state index < -0.39 is 0 Å². The summed E-state index contributed by atoms with van der Waals surface area (Å²) in [5, 5.41) is 12.6. The molecule has 0 saturated carbocycles. The highest BCUT2D eigenvalue weighted by molar-refractivity contribution is 6.10. The number of nitrogens with zero attached hydrogens (tertiary/aromatic N) is 1. The quantitative estimate of drug-likeness (QED) is 0.352. The number of aryl methyl sites for hydroxylation is 1. The zero-order valence-corrected chi connectivity index (χ0v) is 17.8. The second kappa shape index (κ2) is 7.78. The molecule has 0 bridgehead atoms. The van der Waals surface area contributed by atoms with Crippen LogP contribution in [-0.2, 0) is 6.42 Å². The summed E-state index contributed by atoms with van der Waals surface area (Å²) in [6, 6.07) is 29.4. The van der Waals surface area contributed by atoms with Crippen molar-refractivity contribution < 1.29 is 4.74 Å². The maximum atomic E-state index is 10.3. The van der Waals surface area contributed by atoms with Crippen molar-refractivity contribution in [2.75, 3.05) is 0 Å². The molecule has 31 heavy (non-hydrogen) atoms. The Morgan fingerprint density at radius 1 is 0.774 bits per heavy atom. The van der Waals surface area contributed by atoms with Crippen LogP contribution in [0.15, 0.2) is 78.9 Å². The summed E-state index contributed by atoms with van der Waals surface area (Å²) in [4.78, 5) is 0. The Balaban J connectivity index is 1.92. The van der Waals surface area contributed by atoms with E-state index in [0.29, 0.717) is 11.3 Å². The minimum Gasteiger partial charge on any atom is -0.454 e. The van der Waals surface area contributed by atoms with E-state index in [4.69, 9.17) is 4.74 Å². The van der Waals surface area contributed by atoms with Gasteiger partial charge in [0.2, 0.25) is 0 Å². The lowest BCUT2D eigenvalue weighted by atomic mass is 9.83. The molecule has 2 heteroatoms. The van der Waals surface area contributed by atoms with E-state index in [9.17, 15) is 5.26 Å². The number of hydrogen-bond acceptors (Lipinski definition) is 2. The van der Waals surface area contributed by atoms with Crippen LogP contribution in [0.1, 0.15) is 42.5 Å². The molecule has 1 heterocycles. The zero-order chi connectivity index (χ0) is 21.4. The highest BCUT2D eigenvalue weighted by atomic mass is 16.5. The Kier molecular flexibility index (Phi) is 4.81. The van der Waals surface area contributed by atoms with Crippen molar-refractivity contribution in [2.24, 2.45) is 0 Å². The van der Waals surface area contributed by atoms with E-state index in [2.05, 4.69) is 62.4 Å². The van der Waals surface area contributed by atoms with Crippen molar-refractivity contribution in [1.29, 1.82) is 5.26 Å². The fourth-order valence-electron chi connectivity index (χ4n) is 4.78. The molecule has 0 radical (unpaired) electrons. The lowest BCUT2D eigenvalue weighted by Gasteiger charge is -2.28. The maximum Gasteiger partial charge on any atom is 0.154 e. The Hall–Kier alpha value is -3.83. The third kappa shape index (κ3) is 2.94. The predicted molar refractivity (Wildman–Crippen MR) is 128 cm³/mol. The fraction of sp³-hybridized carbons (Fsp3) is 0.138. The maximum absolute atomic E-state index is 10.3. The van der Waals surface area contributed by atoms with Crippen LogP contribution >= 0.6 is 0 Å². The van der Waals surface area contributed by atoms with E-state index in [-0.39, 0.29) is 0 Å². The third-order valence-electron chi connectivity index (χ3n) is 6.12. The first-order valence-corrected chi connectivity index (χ1v) is 10.8. The second-order valence-corrected chi connectivity index (χ2v) is 7.75. The molecule has 1 aliphatic heterocycles. The molecule has 0 aromatic heterocycles. The summed E-state index contributed by atoms with van der Waals surface area (Å²) < 4.78 is 6.63. The molecule has 4 aromatic carbocycles. The molecular weight excluding hydrogens is 378 g/mol. The first-order valence-electron chi connectivity index (χ1n) is 10.8. The smallest absolute Gasteiger partial charge is 0.154 e. The minimum atomic E-state index is 0.617. The largest absolute Gasteiger partial charge is 0.454 e. The van der Waals surface area contributed by atoms with Crippen LogP contribution in [0.4, 0.5) is 0 Å². The van der Waals surface area contributed by atoms with Gasteiger partial charge in [-0.2, -0.15) is 5.26 Å². The normalized spacial score (nSPS) is 12.5. The molecule has 5 rings (SSSR count). The van der Waals surface area contributed by atoms with Crippen LogP contribution in [-0.4, -0.2) is 0 Å². The van der Waals surface area contributed by atoms with Gasteiger partial charge in [0.15, 0.2) is 5.75 Å². The molecule has 4 aromatic rings. The van der Waals surface area contributed by atoms with Gasteiger partial charge in [0, 0.05) is 22.1 Å². The molecule has 1 aliphatic rings. The molecule has 0 N–H and O–H groups in total. The number of rotatable bonds is 4. The standard InChI is InChI=1S/C29H23NO/c1-3-21-23-16-11-17-24-22(4-2)28(20-14-9-6-10-15-20)31-29(27(23)24)25(18-30)26(21)19-12-7-5-8-13-19/h5-17H,3-4H2,1-2H3. The van der Waals surface area contributed by atoms with Gasteiger partial charge in [-0.15, -0.1) is 0 Å². The molecule has 0 saturated heterocycles. The highest BCUT2D eigenvalue weighted by Gasteiger charge is 2.29. The molecule has 0 aliphatic carbocycles. The van der Waals surface area contributed by atoms with Gasteiger partial charge in [-0.25, -0.2) is 0 Å². The van der Waals surface area contributed by atoms with Crippen molar-refractivity contribution in [2.45, 2.75) is 26.7 Å². The second-order valence-electron chi connectivity index (χ2n) is 7.75. The van der Waals surface area contributed by atoms with Gasteiger partial charge >= 0.3 is 0 Å². The number of hydrogen-bond donors (Lipinski definition) is 0. The van der Waals surface area contributed by atoms with Gasteiger partial charge in [-0.3, -0.25) is 0 Å². The van der Waals surface area contributed by atoms with Crippen molar-refractivity contribution in [3.63, 3.8) is 0 Å². The van der Waals surface area contributed by atoms with Gasteiger partial charge in [-0.1, -0.05) is 92.7 Å². The van der Waals surface area contributed by atoms with Crippen LogP contribution in [0, 0.1) is 11.3 Å². The Morgan fingerprint density at radius 2 is 1.45 bits per heavy atom. The van der Waals surface area contributed by atoms with Gasteiger partial charge in [0.05, 0.1) is 0 Å². The van der Waals surface area contributed by atoms with Crippen molar-refractivity contribution in [1.82, 2.24) is 0 Å². The van der Waals surface area contributed by atoms with E-state index in [1.54, 1.807) is 0 Å². The van der Waals surface area contributed by atoms with Crippen molar-refractivity contribution in [3.8, 4) is 22.9 Å². The van der Waals surface area contributed by atoms with Crippen LogP contribution in [0.25, 0.3) is 33.2 Å². The van der Waals surface area contributed by atoms with Gasteiger partial charge in [-0.05, 0) is 34.9 Å². The molecule has 0 unspecified atom stereocenters. The van der Waals surface area contributed by atoms with Crippen LogP contribution in [0.2, 0.25) is 0 Å². The van der Waals surface area contributed by atoms with E-state index in [1.807, 2.05) is 36.4 Å². The molecule has 0 amide bonds.